The van der Waals surface area contributed by atoms with E-state index in [-0.39, 0.29) is 11.6 Å². The Balaban J connectivity index is 1.91. The molecule has 182 valence electrons. The van der Waals surface area contributed by atoms with Crippen molar-refractivity contribution >= 4 is 8.32 Å². The molecule has 0 amide bonds. The number of benzene rings is 3. The number of aliphatic hydroxyl groups excluding tert-OH is 1. The molecule has 5 nitrogen and oxygen atoms in total. The molecule has 0 bridgehead atoms. The minimum Gasteiger partial charge on any atom is -0.404 e. The van der Waals surface area contributed by atoms with Gasteiger partial charge >= 0.3 is 0 Å². The number of nitrogens with zero attached hydrogens (tertiary/aromatic N) is 3. The van der Waals surface area contributed by atoms with E-state index in [4.69, 9.17) is 9.52 Å². The first-order valence-electron chi connectivity index (χ1n) is 12.1. The maximum Gasteiger partial charge on any atom is 0.193 e. The van der Waals surface area contributed by atoms with Crippen LogP contribution < -0.4 is 0 Å². The Bertz CT molecular complexity index is 1120. The molecule has 1 heterocycles. The first-order chi connectivity index (χ1) is 16.7. The fraction of sp³-hybridized carbons (Fsp3) is 0.310. The second-order valence-corrected chi connectivity index (χ2v) is 15.2. The van der Waals surface area contributed by atoms with Gasteiger partial charge < -0.3 is 9.53 Å². The van der Waals surface area contributed by atoms with Crippen molar-refractivity contribution in [1.29, 1.82) is 0 Å². The fourth-order valence-corrected chi connectivity index (χ4v) is 5.47. The van der Waals surface area contributed by atoms with E-state index in [1.165, 1.54) is 0 Å². The highest BCUT2D eigenvalue weighted by Gasteiger charge is 2.42. The molecule has 4 rings (SSSR count). The third kappa shape index (κ3) is 4.74. The van der Waals surface area contributed by atoms with Crippen molar-refractivity contribution in [3.05, 3.63) is 120 Å². The van der Waals surface area contributed by atoms with Crippen LogP contribution in [0.5, 0.6) is 0 Å². The SMILES string of the molecule is CC(C)(C)[Si](C)(C)OC(CO)c1ncn(C(c2ccccc2)(c2ccccc2)c2ccccc2)n1. The molecule has 6 heteroatoms. The number of hydrogen-bond acceptors (Lipinski definition) is 4. The highest BCUT2D eigenvalue weighted by Crippen LogP contribution is 2.42. The Kier molecular flexibility index (Phi) is 7.08. The summed E-state index contributed by atoms with van der Waals surface area (Å²) in [5, 5.41) is 15.3. The standard InChI is InChI=1S/C29H35N3O2Si/c1-28(2,3)35(4,5)34-26(21-33)27-30-22-32(31-27)29(23-15-9-6-10-16-23,24-17-11-7-12-18-24)25-19-13-8-14-20-25/h6-20,22,26,33H,21H2,1-5H3. The Morgan fingerprint density at radius 3 is 1.60 bits per heavy atom. The zero-order valence-electron chi connectivity index (χ0n) is 21.2. The minimum atomic E-state index is -2.15. The molecule has 0 radical (unpaired) electrons. The lowest BCUT2D eigenvalue weighted by Crippen LogP contribution is -2.42. The van der Waals surface area contributed by atoms with E-state index in [2.05, 4.69) is 75.2 Å². The molecule has 0 saturated heterocycles. The lowest BCUT2D eigenvalue weighted by atomic mass is 9.77. The molecule has 0 spiro atoms. The van der Waals surface area contributed by atoms with Crippen LogP contribution >= 0.6 is 0 Å². The maximum absolute atomic E-state index is 10.3. The summed E-state index contributed by atoms with van der Waals surface area (Å²) in [7, 11) is -2.15. The molecule has 0 fully saturated rings. The van der Waals surface area contributed by atoms with Crippen molar-refractivity contribution in [3.8, 4) is 0 Å². The second kappa shape index (κ2) is 9.89. The molecule has 1 aromatic heterocycles. The van der Waals surface area contributed by atoms with Crippen molar-refractivity contribution in [3.63, 3.8) is 0 Å². The van der Waals surface area contributed by atoms with Gasteiger partial charge in [-0.2, -0.15) is 5.10 Å². The van der Waals surface area contributed by atoms with E-state index in [0.29, 0.717) is 5.82 Å². The van der Waals surface area contributed by atoms with Gasteiger partial charge in [-0.1, -0.05) is 112 Å². The van der Waals surface area contributed by atoms with Crippen LogP contribution in [0.3, 0.4) is 0 Å². The Morgan fingerprint density at radius 1 is 0.800 bits per heavy atom. The Morgan fingerprint density at radius 2 is 1.23 bits per heavy atom. The maximum atomic E-state index is 10.3. The summed E-state index contributed by atoms with van der Waals surface area (Å²) < 4.78 is 8.45. The van der Waals surface area contributed by atoms with Crippen LogP contribution in [0.4, 0.5) is 0 Å². The molecule has 1 N–H and O–H groups in total. The van der Waals surface area contributed by atoms with Crippen molar-refractivity contribution in [1.82, 2.24) is 14.8 Å². The van der Waals surface area contributed by atoms with Gasteiger partial charge in [0.2, 0.25) is 0 Å². The molecular formula is C29H35N3O2Si. The average molecular weight is 486 g/mol. The smallest absolute Gasteiger partial charge is 0.193 e. The molecule has 4 aromatic rings. The summed E-state index contributed by atoms with van der Waals surface area (Å²) >= 11 is 0. The topological polar surface area (TPSA) is 60.2 Å². The van der Waals surface area contributed by atoms with Gasteiger partial charge in [-0.05, 0) is 34.8 Å². The minimum absolute atomic E-state index is 0.00482. The summed E-state index contributed by atoms with van der Waals surface area (Å²) in [6, 6.07) is 31.1. The van der Waals surface area contributed by atoms with Crippen LogP contribution in [0.25, 0.3) is 0 Å². The summed E-state index contributed by atoms with van der Waals surface area (Å²) in [5.41, 5.74) is 2.46. The zero-order valence-corrected chi connectivity index (χ0v) is 22.2. The van der Waals surface area contributed by atoms with Gasteiger partial charge in [0.05, 0.1) is 6.61 Å². The second-order valence-electron chi connectivity index (χ2n) is 10.4. The quantitative estimate of drug-likeness (QED) is 0.239. The fourth-order valence-electron chi connectivity index (χ4n) is 4.22. The molecular weight excluding hydrogens is 450 g/mol. The van der Waals surface area contributed by atoms with Gasteiger partial charge in [0.1, 0.15) is 18.0 Å². The van der Waals surface area contributed by atoms with E-state index in [0.717, 1.165) is 16.7 Å². The first-order valence-corrected chi connectivity index (χ1v) is 15.0. The van der Waals surface area contributed by atoms with E-state index in [9.17, 15) is 5.11 Å². The number of aliphatic hydroxyl groups is 1. The molecule has 0 aliphatic rings. The predicted molar refractivity (Wildman–Crippen MR) is 143 cm³/mol. The molecule has 3 aromatic carbocycles. The molecule has 35 heavy (non-hydrogen) atoms. The van der Waals surface area contributed by atoms with E-state index in [1.807, 2.05) is 59.3 Å². The number of hydrogen-bond donors (Lipinski definition) is 1. The third-order valence-electron chi connectivity index (χ3n) is 7.12. The average Bonchev–Trinajstić information content (AvgIpc) is 3.35. The first kappa shape index (κ1) is 25.0. The van der Waals surface area contributed by atoms with Gasteiger partial charge in [-0.3, -0.25) is 0 Å². The van der Waals surface area contributed by atoms with Gasteiger partial charge in [-0.15, -0.1) is 0 Å². The summed E-state index contributed by atoms with van der Waals surface area (Å²) in [6.45, 7) is 10.7. The largest absolute Gasteiger partial charge is 0.404 e. The molecule has 0 aliphatic heterocycles. The van der Waals surface area contributed by atoms with Crippen LogP contribution in [0.1, 0.15) is 49.4 Å². The Labute approximate surface area is 209 Å². The summed E-state index contributed by atoms with van der Waals surface area (Å²) in [6.07, 6.45) is 1.18. The van der Waals surface area contributed by atoms with E-state index >= 15 is 0 Å². The molecule has 1 unspecified atom stereocenters. The lowest BCUT2D eigenvalue weighted by Gasteiger charge is -2.38. The predicted octanol–water partition coefficient (Wildman–Crippen LogP) is 6.17. The van der Waals surface area contributed by atoms with Crippen LogP contribution in [0.15, 0.2) is 97.3 Å². The highest BCUT2D eigenvalue weighted by molar-refractivity contribution is 6.74. The van der Waals surface area contributed by atoms with Crippen molar-refractivity contribution in [2.75, 3.05) is 6.61 Å². The van der Waals surface area contributed by atoms with Crippen LogP contribution in [0, 0.1) is 0 Å². The van der Waals surface area contributed by atoms with Crippen LogP contribution in [-0.4, -0.2) is 34.8 Å². The van der Waals surface area contributed by atoms with Crippen molar-refractivity contribution in [2.45, 2.75) is 50.5 Å². The number of rotatable bonds is 8. The van der Waals surface area contributed by atoms with Gasteiger partial charge in [0.15, 0.2) is 14.1 Å². The van der Waals surface area contributed by atoms with Crippen LogP contribution in [-0.2, 0) is 9.96 Å². The van der Waals surface area contributed by atoms with Gasteiger partial charge in [0.25, 0.3) is 0 Å². The monoisotopic (exact) mass is 485 g/mol. The summed E-state index contributed by atoms with van der Waals surface area (Å²) in [5.74, 6) is 0.490. The van der Waals surface area contributed by atoms with Crippen molar-refractivity contribution < 1.29 is 9.53 Å². The molecule has 0 aliphatic carbocycles. The third-order valence-corrected chi connectivity index (χ3v) is 11.6. The Hall–Kier alpha value is -3.06. The normalized spacial score (nSPS) is 13.5. The van der Waals surface area contributed by atoms with Gasteiger partial charge in [-0.25, -0.2) is 9.67 Å². The van der Waals surface area contributed by atoms with Gasteiger partial charge in [0, 0.05) is 0 Å². The van der Waals surface area contributed by atoms with Crippen molar-refractivity contribution in [2.24, 2.45) is 0 Å². The molecule has 0 saturated carbocycles. The highest BCUT2D eigenvalue weighted by atomic mass is 28.4. The van der Waals surface area contributed by atoms with E-state index < -0.39 is 20.0 Å². The summed E-state index contributed by atoms with van der Waals surface area (Å²) in [4.78, 5) is 4.69. The number of aromatic nitrogens is 3. The van der Waals surface area contributed by atoms with E-state index in [1.54, 1.807) is 6.33 Å². The molecule has 1 atom stereocenters. The van der Waals surface area contributed by atoms with Crippen LogP contribution in [0.2, 0.25) is 18.1 Å². The lowest BCUT2D eigenvalue weighted by molar-refractivity contribution is 0.0961. The zero-order chi connectivity index (χ0) is 25.1.